The third kappa shape index (κ3) is 5.58. The molecule has 0 saturated carbocycles. The molecule has 10 nitrogen and oxygen atoms in total. The van der Waals surface area contributed by atoms with Crippen molar-refractivity contribution in [3.05, 3.63) is 63.7 Å². The molecule has 0 aromatic heterocycles. The highest BCUT2D eigenvalue weighted by molar-refractivity contribution is 7.88. The fourth-order valence-corrected chi connectivity index (χ4v) is 4.47. The summed E-state index contributed by atoms with van der Waals surface area (Å²) in [5.41, 5.74) is 1.91. The van der Waals surface area contributed by atoms with E-state index in [1.807, 2.05) is 12.1 Å². The number of hydrogen-bond acceptors (Lipinski definition) is 7. The van der Waals surface area contributed by atoms with Gasteiger partial charge in [-0.3, -0.25) is 20.2 Å². The molecule has 1 aliphatic rings. The molecule has 0 aliphatic carbocycles. The number of anilines is 2. The molecule has 1 aliphatic heterocycles. The molecule has 32 heavy (non-hydrogen) atoms. The number of rotatable bonds is 5. The Hall–Kier alpha value is -3.09. The first-order chi connectivity index (χ1) is 15.1. The number of piperazine rings is 1. The molecule has 0 bridgehead atoms. The Morgan fingerprint density at radius 1 is 1.09 bits per heavy atom. The van der Waals surface area contributed by atoms with Gasteiger partial charge in [-0.2, -0.15) is 4.31 Å². The Morgan fingerprint density at radius 2 is 1.72 bits per heavy atom. The van der Waals surface area contributed by atoms with Gasteiger partial charge in [0.15, 0.2) is 5.11 Å². The van der Waals surface area contributed by atoms with Crippen LogP contribution in [0.15, 0.2) is 42.5 Å². The Bertz CT molecular complexity index is 1140. The van der Waals surface area contributed by atoms with Crippen LogP contribution in [0, 0.1) is 17.0 Å². The monoisotopic (exact) mass is 477 g/mol. The lowest BCUT2D eigenvalue weighted by atomic mass is 10.1. The van der Waals surface area contributed by atoms with Crippen LogP contribution in [0.25, 0.3) is 0 Å². The molecule has 2 aromatic carbocycles. The number of carbonyl (C=O) groups excluding carboxylic acids is 1. The Labute approximate surface area is 191 Å². The predicted octanol–water partition coefficient (Wildman–Crippen LogP) is 2.11. The molecule has 0 radical (unpaired) electrons. The molecule has 170 valence electrons. The summed E-state index contributed by atoms with van der Waals surface area (Å²) in [6.45, 7) is 3.57. The van der Waals surface area contributed by atoms with E-state index in [0.717, 1.165) is 5.69 Å². The first-order valence-electron chi connectivity index (χ1n) is 9.73. The zero-order valence-corrected chi connectivity index (χ0v) is 19.2. The number of thiocarbonyl (C=S) groups is 1. The van der Waals surface area contributed by atoms with Crippen LogP contribution in [0.2, 0.25) is 0 Å². The summed E-state index contributed by atoms with van der Waals surface area (Å²) in [5, 5.41) is 16.6. The lowest BCUT2D eigenvalue weighted by Crippen LogP contribution is -2.48. The van der Waals surface area contributed by atoms with Gasteiger partial charge < -0.3 is 10.2 Å². The number of benzene rings is 2. The standard InChI is InChI=1S/C20H23N5O5S2/c1-14-17(4-3-5-18(14)25(27)28)19(26)22-20(31)21-15-6-8-16(9-7-15)23-10-12-24(13-11-23)32(2,29)30/h3-9H,10-13H2,1-2H3,(H2,21,22,26,31). The minimum Gasteiger partial charge on any atom is -0.369 e. The summed E-state index contributed by atoms with van der Waals surface area (Å²) in [6.07, 6.45) is 1.21. The molecule has 0 atom stereocenters. The number of nitro groups is 1. The summed E-state index contributed by atoms with van der Waals surface area (Å²) >= 11 is 5.20. The van der Waals surface area contributed by atoms with Crippen LogP contribution in [0.4, 0.5) is 17.1 Å². The van der Waals surface area contributed by atoms with Gasteiger partial charge in [0.2, 0.25) is 10.0 Å². The maximum Gasteiger partial charge on any atom is 0.273 e. The van der Waals surface area contributed by atoms with Crippen molar-refractivity contribution in [2.75, 3.05) is 42.7 Å². The van der Waals surface area contributed by atoms with Crippen LogP contribution >= 0.6 is 12.2 Å². The second kappa shape index (κ2) is 9.59. The zero-order valence-electron chi connectivity index (χ0n) is 17.6. The highest BCUT2D eigenvalue weighted by Crippen LogP contribution is 2.22. The highest BCUT2D eigenvalue weighted by atomic mass is 32.2. The van der Waals surface area contributed by atoms with E-state index < -0.39 is 20.9 Å². The van der Waals surface area contributed by atoms with Gasteiger partial charge in [-0.25, -0.2) is 8.42 Å². The van der Waals surface area contributed by atoms with Gasteiger partial charge in [-0.05, 0) is 49.5 Å². The summed E-state index contributed by atoms with van der Waals surface area (Å²) in [5.74, 6) is -0.538. The number of amides is 1. The van der Waals surface area contributed by atoms with Crippen molar-refractivity contribution in [1.82, 2.24) is 9.62 Å². The number of nitro benzene ring substituents is 1. The van der Waals surface area contributed by atoms with Crippen molar-refractivity contribution >= 4 is 50.3 Å². The van der Waals surface area contributed by atoms with E-state index >= 15 is 0 Å². The molecule has 3 rings (SSSR count). The molecule has 1 saturated heterocycles. The van der Waals surface area contributed by atoms with Gasteiger partial charge >= 0.3 is 0 Å². The van der Waals surface area contributed by atoms with E-state index in [9.17, 15) is 23.3 Å². The fraction of sp³-hybridized carbons (Fsp3) is 0.300. The lowest BCUT2D eigenvalue weighted by molar-refractivity contribution is -0.385. The maximum absolute atomic E-state index is 12.5. The van der Waals surface area contributed by atoms with Crippen molar-refractivity contribution < 1.29 is 18.1 Å². The van der Waals surface area contributed by atoms with Crippen LogP contribution in [0.1, 0.15) is 15.9 Å². The molecule has 0 unspecified atom stereocenters. The smallest absolute Gasteiger partial charge is 0.273 e. The van der Waals surface area contributed by atoms with Crippen LogP contribution in [-0.2, 0) is 10.0 Å². The Morgan fingerprint density at radius 3 is 2.28 bits per heavy atom. The van der Waals surface area contributed by atoms with E-state index in [4.69, 9.17) is 12.2 Å². The molecule has 0 spiro atoms. The average Bonchev–Trinajstić information content (AvgIpc) is 2.73. The van der Waals surface area contributed by atoms with Crippen LogP contribution < -0.4 is 15.5 Å². The Balaban J connectivity index is 1.58. The second-order valence-corrected chi connectivity index (χ2v) is 9.70. The van der Waals surface area contributed by atoms with Crippen LogP contribution in [0.3, 0.4) is 0 Å². The maximum atomic E-state index is 12.5. The molecule has 12 heteroatoms. The molecule has 1 fully saturated rings. The zero-order chi connectivity index (χ0) is 23.5. The van der Waals surface area contributed by atoms with Gasteiger partial charge in [0.1, 0.15) is 0 Å². The number of hydrogen-bond donors (Lipinski definition) is 2. The summed E-state index contributed by atoms with van der Waals surface area (Å²) in [6, 6.07) is 11.7. The van der Waals surface area contributed by atoms with Gasteiger partial charge in [0.05, 0.1) is 11.2 Å². The van der Waals surface area contributed by atoms with Gasteiger partial charge in [0, 0.05) is 54.7 Å². The molecular formula is C20H23N5O5S2. The normalized spacial score (nSPS) is 14.6. The molecular weight excluding hydrogens is 454 g/mol. The fourth-order valence-electron chi connectivity index (χ4n) is 3.43. The number of nitrogens with zero attached hydrogens (tertiary/aromatic N) is 3. The lowest BCUT2D eigenvalue weighted by Gasteiger charge is -2.34. The SMILES string of the molecule is Cc1c(C(=O)NC(=S)Nc2ccc(N3CCN(S(C)(=O)=O)CC3)cc2)cccc1[N+](=O)[O-]. The Kier molecular flexibility index (Phi) is 7.06. The summed E-state index contributed by atoms with van der Waals surface area (Å²) < 4.78 is 24.7. The van der Waals surface area contributed by atoms with E-state index in [1.54, 1.807) is 12.1 Å². The van der Waals surface area contributed by atoms with Crippen molar-refractivity contribution in [2.45, 2.75) is 6.92 Å². The molecule has 1 heterocycles. The van der Waals surface area contributed by atoms with E-state index in [1.165, 1.54) is 35.7 Å². The summed E-state index contributed by atoms with van der Waals surface area (Å²) in [7, 11) is -3.18. The minimum atomic E-state index is -3.18. The second-order valence-electron chi connectivity index (χ2n) is 7.31. The summed E-state index contributed by atoms with van der Waals surface area (Å²) in [4.78, 5) is 25.1. The minimum absolute atomic E-state index is 0.0652. The van der Waals surface area contributed by atoms with Crippen molar-refractivity contribution in [3.63, 3.8) is 0 Å². The highest BCUT2D eigenvalue weighted by Gasteiger charge is 2.23. The quantitative estimate of drug-likeness (QED) is 0.381. The third-order valence-electron chi connectivity index (χ3n) is 5.17. The molecule has 2 N–H and O–H groups in total. The number of carbonyl (C=O) groups is 1. The first-order valence-corrected chi connectivity index (χ1v) is 12.0. The van der Waals surface area contributed by atoms with E-state index in [0.29, 0.717) is 31.9 Å². The third-order valence-corrected chi connectivity index (χ3v) is 6.68. The molecule has 1 amide bonds. The van der Waals surface area contributed by atoms with Gasteiger partial charge in [0.25, 0.3) is 11.6 Å². The first kappa shape index (κ1) is 23.6. The van der Waals surface area contributed by atoms with Crippen molar-refractivity contribution in [1.29, 1.82) is 0 Å². The van der Waals surface area contributed by atoms with Crippen molar-refractivity contribution in [2.24, 2.45) is 0 Å². The van der Waals surface area contributed by atoms with Gasteiger partial charge in [-0.15, -0.1) is 0 Å². The van der Waals surface area contributed by atoms with Gasteiger partial charge in [-0.1, -0.05) is 6.07 Å². The van der Waals surface area contributed by atoms with Crippen LogP contribution in [-0.4, -0.2) is 61.1 Å². The molecule has 2 aromatic rings. The van der Waals surface area contributed by atoms with Crippen molar-refractivity contribution in [3.8, 4) is 0 Å². The topological polar surface area (TPSA) is 125 Å². The number of sulfonamides is 1. The predicted molar refractivity (Wildman–Crippen MR) is 127 cm³/mol. The van der Waals surface area contributed by atoms with E-state index in [-0.39, 0.29) is 21.9 Å². The average molecular weight is 478 g/mol. The van der Waals surface area contributed by atoms with E-state index in [2.05, 4.69) is 15.5 Å². The van der Waals surface area contributed by atoms with Crippen LogP contribution in [0.5, 0.6) is 0 Å². The number of nitrogens with one attached hydrogen (secondary N) is 2. The largest absolute Gasteiger partial charge is 0.369 e.